The molecule has 5 nitrogen and oxygen atoms in total. The Hall–Kier alpha value is -2.58. The van der Waals surface area contributed by atoms with Crippen LogP contribution in [0.2, 0.25) is 0 Å². The summed E-state index contributed by atoms with van der Waals surface area (Å²) in [5.74, 6) is 1.43. The zero-order chi connectivity index (χ0) is 17.6. The molecule has 1 aliphatic rings. The summed E-state index contributed by atoms with van der Waals surface area (Å²) in [6.45, 7) is 2.48. The average Bonchev–Trinajstić information content (AvgIpc) is 2.61. The zero-order valence-electron chi connectivity index (χ0n) is 13.8. The topological polar surface area (TPSA) is 61.8 Å². The van der Waals surface area contributed by atoms with Crippen LogP contribution in [0.25, 0.3) is 0 Å². The van der Waals surface area contributed by atoms with Crippen LogP contribution in [0.4, 0.5) is 0 Å². The first-order valence-electron chi connectivity index (χ1n) is 7.76. The minimum Gasteiger partial charge on any atom is -0.460 e. The van der Waals surface area contributed by atoms with Gasteiger partial charge in [-0.2, -0.15) is 0 Å². The maximum atomic E-state index is 11.7. The average molecular weight is 330 g/mol. The van der Waals surface area contributed by atoms with E-state index in [-0.39, 0.29) is 32.4 Å². The summed E-state index contributed by atoms with van der Waals surface area (Å²) >= 11 is 0. The zero-order valence-corrected chi connectivity index (χ0v) is 13.8. The van der Waals surface area contributed by atoms with Crippen molar-refractivity contribution >= 4 is 11.9 Å². The van der Waals surface area contributed by atoms with Crippen molar-refractivity contribution in [1.29, 1.82) is 0 Å². The van der Waals surface area contributed by atoms with E-state index in [1.165, 1.54) is 6.08 Å². The molecular formula is C19H22O5. The van der Waals surface area contributed by atoms with Crippen molar-refractivity contribution in [3.63, 3.8) is 0 Å². The summed E-state index contributed by atoms with van der Waals surface area (Å²) in [5.41, 5.74) is 0.884. The van der Waals surface area contributed by atoms with Gasteiger partial charge in [0.25, 0.3) is 0 Å². The van der Waals surface area contributed by atoms with Crippen molar-refractivity contribution in [3.05, 3.63) is 47.6 Å². The SMILES string of the molecule is C#C/C=C(\C=C/C)C(=O)OCCOCCOC(=O)C1=CCCC=C1. The molecule has 0 saturated heterocycles. The molecule has 0 radical (unpaired) electrons. The molecule has 0 N–H and O–H groups in total. The molecule has 0 heterocycles. The largest absolute Gasteiger partial charge is 0.460 e. The van der Waals surface area contributed by atoms with Crippen LogP contribution in [0.3, 0.4) is 0 Å². The summed E-state index contributed by atoms with van der Waals surface area (Å²) in [4.78, 5) is 23.4. The summed E-state index contributed by atoms with van der Waals surface area (Å²) < 4.78 is 15.4. The van der Waals surface area contributed by atoms with Gasteiger partial charge < -0.3 is 14.2 Å². The summed E-state index contributed by atoms with van der Waals surface area (Å²) in [6.07, 6.45) is 17.1. The number of terminal acetylenes is 1. The Morgan fingerprint density at radius 1 is 1.21 bits per heavy atom. The van der Waals surface area contributed by atoms with E-state index in [1.807, 2.05) is 12.2 Å². The molecule has 0 aromatic heterocycles. The van der Waals surface area contributed by atoms with Gasteiger partial charge >= 0.3 is 11.9 Å². The van der Waals surface area contributed by atoms with E-state index in [0.29, 0.717) is 11.1 Å². The van der Waals surface area contributed by atoms with E-state index < -0.39 is 5.97 Å². The van der Waals surface area contributed by atoms with Gasteiger partial charge in [0.1, 0.15) is 13.2 Å². The fourth-order valence-corrected chi connectivity index (χ4v) is 1.86. The van der Waals surface area contributed by atoms with Gasteiger partial charge in [-0.25, -0.2) is 9.59 Å². The van der Waals surface area contributed by atoms with E-state index in [9.17, 15) is 9.59 Å². The maximum absolute atomic E-state index is 11.7. The van der Waals surface area contributed by atoms with Gasteiger partial charge in [0.15, 0.2) is 0 Å². The lowest BCUT2D eigenvalue weighted by atomic mass is 10.1. The molecule has 24 heavy (non-hydrogen) atoms. The summed E-state index contributed by atoms with van der Waals surface area (Å²) in [7, 11) is 0. The Bertz CT molecular complexity index is 587. The van der Waals surface area contributed by atoms with Crippen molar-refractivity contribution in [1.82, 2.24) is 0 Å². The molecule has 128 valence electrons. The Morgan fingerprint density at radius 3 is 2.58 bits per heavy atom. The molecule has 0 bridgehead atoms. The number of ether oxygens (including phenoxy) is 3. The molecule has 0 amide bonds. The van der Waals surface area contributed by atoms with Crippen molar-refractivity contribution in [2.45, 2.75) is 19.8 Å². The number of rotatable bonds is 9. The van der Waals surface area contributed by atoms with Crippen LogP contribution >= 0.6 is 0 Å². The van der Waals surface area contributed by atoms with E-state index in [0.717, 1.165) is 12.8 Å². The van der Waals surface area contributed by atoms with E-state index in [4.69, 9.17) is 20.6 Å². The highest BCUT2D eigenvalue weighted by atomic mass is 16.6. The van der Waals surface area contributed by atoms with Crippen LogP contribution in [-0.2, 0) is 23.8 Å². The fourth-order valence-electron chi connectivity index (χ4n) is 1.86. The Labute approximate surface area is 142 Å². The second-order valence-corrected chi connectivity index (χ2v) is 4.79. The Morgan fingerprint density at radius 2 is 1.96 bits per heavy atom. The number of allylic oxidation sites excluding steroid dienone is 4. The second-order valence-electron chi connectivity index (χ2n) is 4.79. The molecule has 0 aromatic carbocycles. The van der Waals surface area contributed by atoms with Gasteiger partial charge in [-0.1, -0.05) is 36.3 Å². The highest BCUT2D eigenvalue weighted by molar-refractivity contribution is 5.92. The molecule has 0 unspecified atom stereocenters. The summed E-state index contributed by atoms with van der Waals surface area (Å²) in [5, 5.41) is 0. The van der Waals surface area contributed by atoms with Crippen LogP contribution in [0.15, 0.2) is 47.6 Å². The molecule has 1 rings (SSSR count). The lowest BCUT2D eigenvalue weighted by molar-refractivity contribution is -0.141. The molecule has 0 aromatic rings. The van der Waals surface area contributed by atoms with Crippen molar-refractivity contribution in [2.24, 2.45) is 0 Å². The van der Waals surface area contributed by atoms with Gasteiger partial charge in [-0.05, 0) is 19.8 Å². The first-order valence-corrected chi connectivity index (χ1v) is 7.76. The van der Waals surface area contributed by atoms with E-state index in [1.54, 1.807) is 25.2 Å². The first-order chi connectivity index (χ1) is 11.7. The van der Waals surface area contributed by atoms with Crippen LogP contribution in [-0.4, -0.2) is 38.4 Å². The second kappa shape index (κ2) is 11.9. The number of carbonyl (C=O) groups excluding carboxylic acids is 2. The highest BCUT2D eigenvalue weighted by Crippen LogP contribution is 2.10. The first kappa shape index (κ1) is 19.5. The standard InChI is InChI=1S/C19H22O5/c1-3-8-16(9-4-2)18(20)23-14-12-22-13-15-24-19(21)17-10-6-5-7-11-17/h1,4,6,8-11H,5,7,12-15H2,2H3/b9-4-,16-8+. The smallest absolute Gasteiger partial charge is 0.338 e. The quantitative estimate of drug-likeness (QED) is 0.214. The number of hydrogen-bond acceptors (Lipinski definition) is 5. The fraction of sp³-hybridized carbons (Fsp3) is 0.368. The van der Waals surface area contributed by atoms with Crippen LogP contribution in [0, 0.1) is 12.3 Å². The molecule has 1 aliphatic carbocycles. The Balaban J connectivity index is 2.12. The lowest BCUT2D eigenvalue weighted by Crippen LogP contribution is -2.15. The van der Waals surface area contributed by atoms with Crippen molar-refractivity contribution in [3.8, 4) is 12.3 Å². The van der Waals surface area contributed by atoms with Gasteiger partial charge in [0.05, 0.1) is 24.4 Å². The predicted octanol–water partition coefficient (Wildman–Crippen LogP) is 2.50. The monoisotopic (exact) mass is 330 g/mol. The van der Waals surface area contributed by atoms with Gasteiger partial charge in [0.2, 0.25) is 0 Å². The lowest BCUT2D eigenvalue weighted by Gasteiger charge is -2.09. The molecule has 5 heteroatoms. The molecule has 0 aliphatic heterocycles. The van der Waals surface area contributed by atoms with E-state index in [2.05, 4.69) is 5.92 Å². The highest BCUT2D eigenvalue weighted by Gasteiger charge is 2.09. The van der Waals surface area contributed by atoms with Gasteiger partial charge in [0, 0.05) is 6.08 Å². The van der Waals surface area contributed by atoms with Gasteiger partial charge in [-0.3, -0.25) is 0 Å². The third kappa shape index (κ3) is 7.61. The molecule has 0 saturated carbocycles. The summed E-state index contributed by atoms with van der Waals surface area (Å²) in [6, 6.07) is 0. The molecule has 0 fully saturated rings. The maximum Gasteiger partial charge on any atom is 0.338 e. The van der Waals surface area contributed by atoms with Gasteiger partial charge in [-0.15, -0.1) is 6.42 Å². The van der Waals surface area contributed by atoms with E-state index >= 15 is 0 Å². The van der Waals surface area contributed by atoms with Crippen molar-refractivity contribution in [2.75, 3.05) is 26.4 Å². The minimum absolute atomic E-state index is 0.0974. The molecule has 0 atom stereocenters. The normalized spacial score (nSPS) is 14.2. The Kier molecular flexibility index (Phi) is 9.67. The predicted molar refractivity (Wildman–Crippen MR) is 90.9 cm³/mol. The minimum atomic E-state index is -0.503. The van der Waals surface area contributed by atoms with Crippen LogP contribution in [0.1, 0.15) is 19.8 Å². The molecular weight excluding hydrogens is 308 g/mol. The van der Waals surface area contributed by atoms with Crippen LogP contribution in [0.5, 0.6) is 0 Å². The number of hydrogen-bond donors (Lipinski definition) is 0. The van der Waals surface area contributed by atoms with Crippen LogP contribution < -0.4 is 0 Å². The number of esters is 2. The third-order valence-electron chi connectivity index (χ3n) is 2.97. The number of carbonyl (C=O) groups is 2. The van der Waals surface area contributed by atoms with Crippen molar-refractivity contribution < 1.29 is 23.8 Å². The molecule has 0 spiro atoms. The third-order valence-corrected chi connectivity index (χ3v) is 2.97.